The molecule has 0 saturated heterocycles. The summed E-state index contributed by atoms with van der Waals surface area (Å²) in [5.74, 6) is 0.131. The number of thiazole rings is 1. The lowest BCUT2D eigenvalue weighted by molar-refractivity contribution is -0.384. The zero-order chi connectivity index (χ0) is 19.2. The molecule has 1 N–H and O–H groups in total. The summed E-state index contributed by atoms with van der Waals surface area (Å²) in [5, 5.41) is 16.4. The number of carbonyl (C=O) groups excluding carboxylic acids is 1. The van der Waals surface area contributed by atoms with Crippen LogP contribution in [-0.2, 0) is 11.3 Å². The average Bonchev–Trinajstić information content (AvgIpc) is 3.12. The fraction of sp³-hybridized carbons (Fsp3) is 0.158. The third kappa shape index (κ3) is 5.11. The highest BCUT2D eigenvalue weighted by atomic mass is 32.1. The monoisotopic (exact) mass is 383 g/mol. The van der Waals surface area contributed by atoms with Crippen molar-refractivity contribution >= 4 is 22.9 Å². The van der Waals surface area contributed by atoms with Crippen molar-refractivity contribution < 1.29 is 14.5 Å². The second-order valence-corrected chi connectivity index (χ2v) is 6.83. The number of aryl methyl sites for hydroxylation is 1. The van der Waals surface area contributed by atoms with Crippen molar-refractivity contribution in [3.63, 3.8) is 0 Å². The summed E-state index contributed by atoms with van der Waals surface area (Å²) in [5.41, 5.74) is 2.93. The molecule has 0 atom stereocenters. The maximum atomic E-state index is 11.9. The molecule has 0 bridgehead atoms. The fourth-order valence-electron chi connectivity index (χ4n) is 2.35. The molecule has 0 fully saturated rings. The Balaban J connectivity index is 1.46. The van der Waals surface area contributed by atoms with Crippen molar-refractivity contribution in [3.8, 4) is 17.0 Å². The molecule has 7 nitrogen and oxygen atoms in total. The van der Waals surface area contributed by atoms with Gasteiger partial charge in [0.2, 0.25) is 0 Å². The molecule has 0 unspecified atom stereocenters. The first kappa shape index (κ1) is 18.5. The van der Waals surface area contributed by atoms with Crippen molar-refractivity contribution in [1.29, 1.82) is 0 Å². The number of hydrogen-bond acceptors (Lipinski definition) is 6. The van der Waals surface area contributed by atoms with Crippen molar-refractivity contribution in [3.05, 3.63) is 74.6 Å². The van der Waals surface area contributed by atoms with E-state index in [1.54, 1.807) is 11.3 Å². The molecule has 138 valence electrons. The number of hydrogen-bond donors (Lipinski definition) is 1. The number of nitro benzene ring substituents is 1. The van der Waals surface area contributed by atoms with E-state index in [0.717, 1.165) is 21.8 Å². The number of ether oxygens (including phenoxy) is 1. The predicted octanol–water partition coefficient (Wildman–Crippen LogP) is 3.72. The van der Waals surface area contributed by atoms with E-state index in [1.165, 1.54) is 24.3 Å². The fourth-order valence-corrected chi connectivity index (χ4v) is 2.98. The van der Waals surface area contributed by atoms with Crippen LogP contribution in [0.3, 0.4) is 0 Å². The zero-order valence-electron chi connectivity index (χ0n) is 14.5. The summed E-state index contributed by atoms with van der Waals surface area (Å²) in [4.78, 5) is 26.5. The van der Waals surface area contributed by atoms with E-state index in [0.29, 0.717) is 12.3 Å². The van der Waals surface area contributed by atoms with Crippen LogP contribution in [-0.4, -0.2) is 22.4 Å². The van der Waals surface area contributed by atoms with Gasteiger partial charge in [0, 0.05) is 29.6 Å². The van der Waals surface area contributed by atoms with Crippen LogP contribution in [0.4, 0.5) is 5.69 Å². The Morgan fingerprint density at radius 1 is 1.19 bits per heavy atom. The Kier molecular flexibility index (Phi) is 5.77. The van der Waals surface area contributed by atoms with E-state index in [4.69, 9.17) is 4.74 Å². The van der Waals surface area contributed by atoms with E-state index >= 15 is 0 Å². The lowest BCUT2D eigenvalue weighted by Gasteiger charge is -2.08. The van der Waals surface area contributed by atoms with Gasteiger partial charge < -0.3 is 10.1 Å². The number of aromatic nitrogens is 1. The molecule has 0 saturated carbocycles. The molecule has 3 rings (SSSR count). The van der Waals surface area contributed by atoms with Gasteiger partial charge in [-0.25, -0.2) is 4.98 Å². The average molecular weight is 383 g/mol. The molecule has 8 heteroatoms. The standard InChI is InChI=1S/C19H17N3O4S/c1-13-21-18(12-27-13)15-4-2-14(3-5-15)10-20-19(23)11-26-17-8-6-16(7-9-17)22(24)25/h2-9,12H,10-11H2,1H3,(H,20,23). The summed E-state index contributed by atoms with van der Waals surface area (Å²) in [7, 11) is 0. The molecule has 1 heterocycles. The van der Waals surface area contributed by atoms with Crippen molar-refractivity contribution in [2.75, 3.05) is 6.61 Å². The van der Waals surface area contributed by atoms with E-state index in [2.05, 4.69) is 10.3 Å². The van der Waals surface area contributed by atoms with Gasteiger partial charge >= 0.3 is 0 Å². The summed E-state index contributed by atoms with van der Waals surface area (Å²) in [6, 6.07) is 13.4. The molecule has 0 aliphatic rings. The van der Waals surface area contributed by atoms with Crippen LogP contribution in [0.25, 0.3) is 11.3 Å². The van der Waals surface area contributed by atoms with Crippen LogP contribution in [0, 0.1) is 17.0 Å². The third-order valence-electron chi connectivity index (χ3n) is 3.78. The Morgan fingerprint density at radius 3 is 2.48 bits per heavy atom. The number of nitro groups is 1. The number of rotatable bonds is 7. The first-order valence-corrected chi connectivity index (χ1v) is 9.04. The molecule has 1 aromatic heterocycles. The summed E-state index contributed by atoms with van der Waals surface area (Å²) in [6.45, 7) is 2.20. The predicted molar refractivity (Wildman–Crippen MR) is 103 cm³/mol. The number of nitrogens with zero attached hydrogens (tertiary/aromatic N) is 2. The maximum absolute atomic E-state index is 11.9. The highest BCUT2D eigenvalue weighted by Gasteiger charge is 2.07. The van der Waals surface area contributed by atoms with Crippen LogP contribution in [0.15, 0.2) is 53.9 Å². The molecule has 27 heavy (non-hydrogen) atoms. The Labute approximate surface area is 159 Å². The lowest BCUT2D eigenvalue weighted by atomic mass is 10.1. The number of carbonyl (C=O) groups is 1. The second-order valence-electron chi connectivity index (χ2n) is 5.77. The number of amides is 1. The van der Waals surface area contributed by atoms with Gasteiger partial charge in [0.25, 0.3) is 11.6 Å². The normalized spacial score (nSPS) is 10.4. The van der Waals surface area contributed by atoms with E-state index in [-0.39, 0.29) is 18.2 Å². The zero-order valence-corrected chi connectivity index (χ0v) is 15.4. The van der Waals surface area contributed by atoms with Crippen molar-refractivity contribution in [2.24, 2.45) is 0 Å². The first-order valence-electron chi connectivity index (χ1n) is 8.16. The second kappa shape index (κ2) is 8.41. The molecule has 3 aromatic rings. The van der Waals surface area contributed by atoms with E-state index in [1.807, 2.05) is 36.6 Å². The van der Waals surface area contributed by atoms with Gasteiger partial charge in [-0.05, 0) is 24.6 Å². The molecule has 2 aromatic carbocycles. The highest BCUT2D eigenvalue weighted by Crippen LogP contribution is 2.21. The van der Waals surface area contributed by atoms with Gasteiger partial charge in [-0.1, -0.05) is 24.3 Å². The number of benzene rings is 2. The van der Waals surface area contributed by atoms with E-state index in [9.17, 15) is 14.9 Å². The van der Waals surface area contributed by atoms with Crippen molar-refractivity contribution in [2.45, 2.75) is 13.5 Å². The Hall–Kier alpha value is -3.26. The van der Waals surface area contributed by atoms with Gasteiger partial charge in [0.1, 0.15) is 5.75 Å². The van der Waals surface area contributed by atoms with Crippen LogP contribution in [0.1, 0.15) is 10.6 Å². The minimum absolute atomic E-state index is 0.0249. The molecular weight excluding hydrogens is 366 g/mol. The largest absolute Gasteiger partial charge is 0.484 e. The lowest BCUT2D eigenvalue weighted by Crippen LogP contribution is -2.28. The topological polar surface area (TPSA) is 94.4 Å². The minimum Gasteiger partial charge on any atom is -0.484 e. The third-order valence-corrected chi connectivity index (χ3v) is 4.55. The molecular formula is C19H17N3O4S. The van der Waals surface area contributed by atoms with Crippen LogP contribution >= 0.6 is 11.3 Å². The number of non-ortho nitro benzene ring substituents is 1. The van der Waals surface area contributed by atoms with Gasteiger partial charge in [0.15, 0.2) is 6.61 Å². The highest BCUT2D eigenvalue weighted by molar-refractivity contribution is 7.09. The number of nitrogens with one attached hydrogen (secondary N) is 1. The quantitative estimate of drug-likeness (QED) is 0.496. The van der Waals surface area contributed by atoms with Gasteiger partial charge in [-0.15, -0.1) is 11.3 Å². The van der Waals surface area contributed by atoms with Crippen LogP contribution in [0.5, 0.6) is 5.75 Å². The van der Waals surface area contributed by atoms with Crippen LogP contribution < -0.4 is 10.1 Å². The summed E-state index contributed by atoms with van der Waals surface area (Å²) < 4.78 is 5.33. The van der Waals surface area contributed by atoms with Gasteiger partial charge in [-0.2, -0.15) is 0 Å². The SMILES string of the molecule is Cc1nc(-c2ccc(CNC(=O)COc3ccc([N+](=O)[O-])cc3)cc2)cs1. The minimum atomic E-state index is -0.489. The Bertz CT molecular complexity index is 936. The van der Waals surface area contributed by atoms with Crippen molar-refractivity contribution in [1.82, 2.24) is 10.3 Å². The molecule has 0 radical (unpaired) electrons. The van der Waals surface area contributed by atoms with Gasteiger partial charge in [-0.3, -0.25) is 14.9 Å². The maximum Gasteiger partial charge on any atom is 0.269 e. The van der Waals surface area contributed by atoms with Crippen LogP contribution in [0.2, 0.25) is 0 Å². The molecule has 0 aliphatic carbocycles. The summed E-state index contributed by atoms with van der Waals surface area (Å²) in [6.07, 6.45) is 0. The summed E-state index contributed by atoms with van der Waals surface area (Å²) >= 11 is 1.61. The Morgan fingerprint density at radius 2 is 1.89 bits per heavy atom. The van der Waals surface area contributed by atoms with E-state index < -0.39 is 4.92 Å². The molecule has 0 aliphatic heterocycles. The first-order chi connectivity index (χ1) is 13.0. The van der Waals surface area contributed by atoms with Gasteiger partial charge in [0.05, 0.1) is 15.6 Å². The molecule has 1 amide bonds. The smallest absolute Gasteiger partial charge is 0.269 e. The molecule has 0 spiro atoms.